The van der Waals surface area contributed by atoms with Gasteiger partial charge in [0, 0.05) is 0 Å². The number of hydrogen-bond donors (Lipinski definition) is 2. The molecule has 1 aromatic rings. The van der Waals surface area contributed by atoms with Gasteiger partial charge in [-0.3, -0.25) is 15.4 Å². The molecule has 0 spiro atoms. The zero-order chi connectivity index (χ0) is 7.72. The van der Waals surface area contributed by atoms with Crippen molar-refractivity contribution in [1.29, 1.82) is 0 Å². The normalized spacial score (nSPS) is 9.70. The average molecular weight is 141 g/mol. The highest BCUT2D eigenvalue weighted by Gasteiger charge is 2.20. The van der Waals surface area contributed by atoms with Crippen molar-refractivity contribution in [2.24, 2.45) is 11.0 Å². The zero-order valence-electron chi connectivity index (χ0n) is 4.75. The topological polar surface area (TPSA) is 102 Å². The van der Waals surface area contributed by atoms with Gasteiger partial charge in [0.25, 0.3) is 10.9 Å². The minimum absolute atomic E-state index is 0.208. The van der Waals surface area contributed by atoms with Crippen LogP contribution >= 0.6 is 0 Å². The maximum absolute atomic E-state index is 10.4. The van der Waals surface area contributed by atoms with Crippen LogP contribution in [0.1, 0.15) is 0 Å². The van der Waals surface area contributed by atoms with Gasteiger partial charge in [0.1, 0.15) is 5.69 Å². The molecule has 3 N–H and O–H groups in total. The van der Waals surface area contributed by atoms with E-state index in [0.29, 0.717) is 0 Å². The van der Waals surface area contributed by atoms with E-state index in [9.17, 15) is 14.5 Å². The predicted octanol–water partition coefficient (Wildman–Crippen LogP) is -1.03. The Morgan fingerprint density at radius 2 is 1.90 bits per heavy atom. The SMILES string of the molecule is NNc1c(N=O)c(=O)c1=O. The molecule has 0 bridgehead atoms. The minimum atomic E-state index is -0.886. The molecule has 0 saturated heterocycles. The van der Waals surface area contributed by atoms with Crippen molar-refractivity contribution in [2.45, 2.75) is 0 Å². The third-order valence-electron chi connectivity index (χ3n) is 1.12. The summed E-state index contributed by atoms with van der Waals surface area (Å²) in [7, 11) is 0. The Hall–Kier alpha value is -1.56. The highest BCUT2D eigenvalue weighted by atomic mass is 16.3. The molecule has 0 aliphatic carbocycles. The summed E-state index contributed by atoms with van der Waals surface area (Å²) in [4.78, 5) is 30.5. The van der Waals surface area contributed by atoms with E-state index < -0.39 is 16.5 Å². The predicted molar refractivity (Wildman–Crippen MR) is 34.6 cm³/mol. The van der Waals surface area contributed by atoms with Crippen molar-refractivity contribution < 1.29 is 0 Å². The maximum atomic E-state index is 10.4. The number of hydrazine groups is 1. The third-order valence-corrected chi connectivity index (χ3v) is 1.12. The van der Waals surface area contributed by atoms with E-state index in [1.807, 2.05) is 5.43 Å². The smallest absolute Gasteiger partial charge is 0.259 e. The van der Waals surface area contributed by atoms with Crippen LogP contribution in [0.2, 0.25) is 0 Å². The van der Waals surface area contributed by atoms with Crippen LogP contribution in [0.5, 0.6) is 0 Å². The number of rotatable bonds is 2. The van der Waals surface area contributed by atoms with Crippen molar-refractivity contribution in [3.63, 3.8) is 0 Å². The number of nitrogens with one attached hydrogen (secondary N) is 1. The lowest BCUT2D eigenvalue weighted by atomic mass is 10.2. The lowest BCUT2D eigenvalue weighted by molar-refractivity contribution is 1.25. The molecule has 1 rings (SSSR count). The van der Waals surface area contributed by atoms with Crippen LogP contribution in [-0.4, -0.2) is 0 Å². The molecule has 0 aliphatic rings. The third kappa shape index (κ3) is 0.560. The Bertz CT molecular complexity index is 335. The number of nitrogens with zero attached hydrogens (tertiary/aromatic N) is 1. The van der Waals surface area contributed by atoms with E-state index in [1.165, 1.54) is 0 Å². The van der Waals surface area contributed by atoms with Gasteiger partial charge < -0.3 is 5.43 Å². The molecular formula is C4H3N3O3. The summed E-state index contributed by atoms with van der Waals surface area (Å²) in [5, 5.41) is 2.29. The summed E-state index contributed by atoms with van der Waals surface area (Å²) < 4.78 is 0. The lowest BCUT2D eigenvalue weighted by Crippen LogP contribution is -2.35. The van der Waals surface area contributed by atoms with Crippen LogP contribution in [-0.2, 0) is 0 Å². The van der Waals surface area contributed by atoms with Gasteiger partial charge in [-0.1, -0.05) is 0 Å². The monoisotopic (exact) mass is 141 g/mol. The number of nitroso groups, excluding NO2 is 1. The van der Waals surface area contributed by atoms with Crippen LogP contribution in [0.25, 0.3) is 0 Å². The van der Waals surface area contributed by atoms with Gasteiger partial charge in [-0.05, 0) is 5.18 Å². The molecule has 52 valence electrons. The molecule has 6 nitrogen and oxygen atoms in total. The minimum Gasteiger partial charge on any atom is -0.319 e. The molecule has 1 aromatic carbocycles. The second-order valence-electron chi connectivity index (χ2n) is 1.62. The zero-order valence-corrected chi connectivity index (χ0v) is 4.75. The fraction of sp³-hybridized carbons (Fsp3) is 0. The van der Waals surface area contributed by atoms with Gasteiger partial charge in [-0.25, -0.2) is 0 Å². The van der Waals surface area contributed by atoms with Crippen molar-refractivity contribution in [1.82, 2.24) is 0 Å². The fourth-order valence-electron chi connectivity index (χ4n) is 0.601. The Morgan fingerprint density at radius 3 is 2.20 bits per heavy atom. The van der Waals surface area contributed by atoms with Gasteiger partial charge in [0.05, 0.1) is 0 Å². The van der Waals surface area contributed by atoms with Crippen LogP contribution in [0.15, 0.2) is 14.8 Å². The van der Waals surface area contributed by atoms with Crippen molar-refractivity contribution in [2.75, 3.05) is 5.43 Å². The van der Waals surface area contributed by atoms with E-state index in [0.717, 1.165) is 0 Å². The number of nitrogen functional groups attached to an aromatic ring is 1. The molecule has 0 heterocycles. The van der Waals surface area contributed by atoms with Gasteiger partial charge in [-0.15, -0.1) is 4.91 Å². The van der Waals surface area contributed by atoms with Crippen LogP contribution < -0.4 is 22.1 Å². The molecule has 0 aromatic heterocycles. The first-order valence-corrected chi connectivity index (χ1v) is 2.35. The first kappa shape index (κ1) is 6.56. The summed E-state index contributed by atoms with van der Waals surface area (Å²) in [6, 6.07) is 0. The average Bonchev–Trinajstić information content (AvgIpc) is 1.97. The number of nitrogens with two attached hydrogens (primary N) is 1. The van der Waals surface area contributed by atoms with Crippen molar-refractivity contribution in [3.05, 3.63) is 25.4 Å². The Labute approximate surface area is 54.3 Å². The molecule has 0 saturated carbocycles. The highest BCUT2D eigenvalue weighted by molar-refractivity contribution is 5.69. The summed E-state index contributed by atoms with van der Waals surface area (Å²) >= 11 is 0. The molecular weight excluding hydrogens is 138 g/mol. The lowest BCUT2D eigenvalue weighted by Gasteiger charge is -2.00. The fourth-order valence-corrected chi connectivity index (χ4v) is 0.601. The van der Waals surface area contributed by atoms with Crippen LogP contribution in [0.4, 0.5) is 11.4 Å². The van der Waals surface area contributed by atoms with Crippen LogP contribution in [0.3, 0.4) is 0 Å². The van der Waals surface area contributed by atoms with Crippen LogP contribution in [0, 0.1) is 4.91 Å². The standard InChI is InChI=1S/C4H3N3O3/c5-6-1-2(7-10)4(9)3(1)8/h6H,5H2. The maximum Gasteiger partial charge on any atom is 0.259 e. The molecule has 0 unspecified atom stereocenters. The van der Waals surface area contributed by atoms with Gasteiger partial charge in [-0.2, -0.15) is 0 Å². The summed E-state index contributed by atoms with van der Waals surface area (Å²) in [5.74, 6) is 4.77. The quantitative estimate of drug-likeness (QED) is 0.237. The second kappa shape index (κ2) is 1.99. The Kier molecular flexibility index (Phi) is 1.31. The van der Waals surface area contributed by atoms with Gasteiger partial charge >= 0.3 is 0 Å². The largest absolute Gasteiger partial charge is 0.319 e. The first-order valence-electron chi connectivity index (χ1n) is 2.35. The molecule has 0 aliphatic heterocycles. The van der Waals surface area contributed by atoms with Gasteiger partial charge in [0.15, 0.2) is 5.69 Å². The number of hydrogen-bond acceptors (Lipinski definition) is 6. The van der Waals surface area contributed by atoms with E-state index in [-0.39, 0.29) is 5.69 Å². The Balaban J connectivity index is 3.29. The van der Waals surface area contributed by atoms with E-state index >= 15 is 0 Å². The molecule has 0 radical (unpaired) electrons. The molecule has 10 heavy (non-hydrogen) atoms. The van der Waals surface area contributed by atoms with Gasteiger partial charge in [0.2, 0.25) is 0 Å². The summed E-state index contributed by atoms with van der Waals surface area (Å²) in [5.41, 5.74) is -0.414. The van der Waals surface area contributed by atoms with E-state index in [4.69, 9.17) is 5.84 Å². The van der Waals surface area contributed by atoms with Crippen molar-refractivity contribution in [3.8, 4) is 0 Å². The highest BCUT2D eigenvalue weighted by Crippen LogP contribution is 2.14. The molecule has 0 amide bonds. The van der Waals surface area contributed by atoms with E-state index in [1.54, 1.807) is 0 Å². The summed E-state index contributed by atoms with van der Waals surface area (Å²) in [6.45, 7) is 0. The molecule has 0 fully saturated rings. The molecule has 0 atom stereocenters. The van der Waals surface area contributed by atoms with Crippen molar-refractivity contribution >= 4 is 11.4 Å². The number of anilines is 1. The van der Waals surface area contributed by atoms with E-state index in [2.05, 4.69) is 5.18 Å². The Morgan fingerprint density at radius 1 is 1.30 bits per heavy atom. The first-order chi connectivity index (χ1) is 4.72. The second-order valence-corrected chi connectivity index (χ2v) is 1.62. The molecule has 6 heteroatoms. The summed E-state index contributed by atoms with van der Waals surface area (Å²) in [6.07, 6.45) is 0.